The van der Waals surface area contributed by atoms with Gasteiger partial charge in [-0.2, -0.15) is 5.10 Å². The number of hydrogen-bond acceptors (Lipinski definition) is 4. The van der Waals surface area contributed by atoms with Crippen LogP contribution in [0, 0.1) is 0 Å². The van der Waals surface area contributed by atoms with Gasteiger partial charge in [0.2, 0.25) is 10.0 Å². The normalized spacial score (nSPS) is 17.9. The number of aromatic nitrogens is 3. The minimum Gasteiger partial charge on any atom is -0.248 e. The number of aryl methyl sites for hydroxylation is 2. The van der Waals surface area contributed by atoms with Crippen LogP contribution in [-0.4, -0.2) is 29.2 Å². The van der Waals surface area contributed by atoms with Crippen LogP contribution < -0.4 is 4.72 Å². The largest absolute Gasteiger partial charge is 0.248 e. The Kier molecular flexibility index (Phi) is 4.73. The summed E-state index contributed by atoms with van der Waals surface area (Å²) in [7, 11) is -3.53. The molecule has 0 fully saturated rings. The molecule has 24 heavy (non-hydrogen) atoms. The fraction of sp³-hybridized carbons (Fsp3) is 0.529. The standard InChI is InChI=1S/C17H24N4O2S/c1-4-13-7-5-6-8-15(13)24(22,23)20-14-9-10-16-18-17(12(2)3)19-21(16)11-14/h5-8,12,14,20H,4,9-11H2,1-3H3/t14-/m0/s1. The SMILES string of the molecule is CCc1ccccc1S(=O)(=O)N[C@H]1CCc2nc(C(C)C)nn2C1. The van der Waals surface area contributed by atoms with Crippen LogP contribution >= 0.6 is 0 Å². The van der Waals surface area contributed by atoms with Crippen molar-refractivity contribution in [3.8, 4) is 0 Å². The number of sulfonamides is 1. The van der Waals surface area contributed by atoms with E-state index in [2.05, 4.69) is 28.7 Å². The van der Waals surface area contributed by atoms with Crippen molar-refractivity contribution < 1.29 is 8.42 Å². The zero-order valence-corrected chi connectivity index (χ0v) is 15.2. The second-order valence-corrected chi connectivity index (χ2v) is 8.22. The van der Waals surface area contributed by atoms with Crippen LogP contribution in [0.1, 0.15) is 50.3 Å². The first-order valence-corrected chi connectivity index (χ1v) is 9.93. The molecule has 130 valence electrons. The monoisotopic (exact) mass is 348 g/mol. The fourth-order valence-electron chi connectivity index (χ4n) is 3.01. The van der Waals surface area contributed by atoms with Crippen molar-refractivity contribution in [2.45, 2.75) is 63.4 Å². The summed E-state index contributed by atoms with van der Waals surface area (Å²) in [6.07, 6.45) is 2.17. The summed E-state index contributed by atoms with van der Waals surface area (Å²) in [5, 5.41) is 4.51. The van der Waals surface area contributed by atoms with Gasteiger partial charge in [-0.15, -0.1) is 0 Å². The molecule has 0 unspecified atom stereocenters. The molecule has 1 aromatic carbocycles. The molecule has 0 saturated carbocycles. The van der Waals surface area contributed by atoms with Crippen LogP contribution in [0.25, 0.3) is 0 Å². The average Bonchev–Trinajstić information content (AvgIpc) is 2.98. The van der Waals surface area contributed by atoms with Crippen LogP contribution in [0.3, 0.4) is 0 Å². The van der Waals surface area contributed by atoms with Gasteiger partial charge >= 0.3 is 0 Å². The smallest absolute Gasteiger partial charge is 0.241 e. The molecule has 0 bridgehead atoms. The van der Waals surface area contributed by atoms with Crippen molar-refractivity contribution in [3.05, 3.63) is 41.5 Å². The van der Waals surface area contributed by atoms with Gasteiger partial charge in [0.1, 0.15) is 5.82 Å². The predicted molar refractivity (Wildman–Crippen MR) is 92.4 cm³/mol. The van der Waals surface area contributed by atoms with Gasteiger partial charge in [0.25, 0.3) is 0 Å². The zero-order chi connectivity index (χ0) is 17.3. The van der Waals surface area contributed by atoms with E-state index in [1.807, 2.05) is 23.7 Å². The Hall–Kier alpha value is -1.73. The number of fused-ring (bicyclic) bond motifs is 1. The highest BCUT2D eigenvalue weighted by atomic mass is 32.2. The topological polar surface area (TPSA) is 76.9 Å². The molecule has 2 aromatic rings. The summed E-state index contributed by atoms with van der Waals surface area (Å²) in [6, 6.07) is 7.00. The Morgan fingerprint density at radius 1 is 1.33 bits per heavy atom. The van der Waals surface area contributed by atoms with E-state index in [4.69, 9.17) is 0 Å². The highest BCUT2D eigenvalue weighted by molar-refractivity contribution is 7.89. The molecule has 1 aliphatic rings. The van der Waals surface area contributed by atoms with Crippen LogP contribution in [0.5, 0.6) is 0 Å². The molecule has 1 aromatic heterocycles. The Morgan fingerprint density at radius 2 is 2.08 bits per heavy atom. The van der Waals surface area contributed by atoms with E-state index < -0.39 is 10.0 Å². The number of nitrogens with zero attached hydrogens (tertiary/aromatic N) is 3. The Balaban J connectivity index is 1.79. The van der Waals surface area contributed by atoms with Crippen molar-refractivity contribution >= 4 is 10.0 Å². The molecule has 1 atom stereocenters. The number of hydrogen-bond donors (Lipinski definition) is 1. The highest BCUT2D eigenvalue weighted by Gasteiger charge is 2.27. The summed E-state index contributed by atoms with van der Waals surface area (Å²) in [5.74, 6) is 2.04. The summed E-state index contributed by atoms with van der Waals surface area (Å²) in [6.45, 7) is 6.61. The van der Waals surface area contributed by atoms with E-state index >= 15 is 0 Å². The molecule has 1 aliphatic heterocycles. The van der Waals surface area contributed by atoms with Gasteiger partial charge in [0.15, 0.2) is 5.82 Å². The average molecular weight is 348 g/mol. The van der Waals surface area contributed by atoms with Crippen LogP contribution in [0.2, 0.25) is 0 Å². The highest BCUT2D eigenvalue weighted by Crippen LogP contribution is 2.20. The number of benzene rings is 1. The minimum absolute atomic E-state index is 0.158. The third kappa shape index (κ3) is 3.37. The lowest BCUT2D eigenvalue weighted by Crippen LogP contribution is -2.41. The predicted octanol–water partition coefficient (Wildman–Crippen LogP) is 2.26. The van der Waals surface area contributed by atoms with Crippen molar-refractivity contribution in [3.63, 3.8) is 0 Å². The lowest BCUT2D eigenvalue weighted by atomic mass is 10.1. The second kappa shape index (κ2) is 6.64. The maximum absolute atomic E-state index is 12.7. The first kappa shape index (κ1) is 17.1. The van der Waals surface area contributed by atoms with Crippen molar-refractivity contribution in [2.75, 3.05) is 0 Å². The molecule has 0 radical (unpaired) electrons. The summed E-state index contributed by atoms with van der Waals surface area (Å²) in [4.78, 5) is 4.92. The Morgan fingerprint density at radius 3 is 2.79 bits per heavy atom. The number of rotatable bonds is 5. The molecular weight excluding hydrogens is 324 g/mol. The molecule has 7 heteroatoms. The quantitative estimate of drug-likeness (QED) is 0.899. The van der Waals surface area contributed by atoms with E-state index in [-0.39, 0.29) is 12.0 Å². The van der Waals surface area contributed by atoms with Gasteiger partial charge in [-0.25, -0.2) is 22.8 Å². The first-order valence-electron chi connectivity index (χ1n) is 8.44. The fourth-order valence-corrected chi connectivity index (χ4v) is 4.58. The molecule has 0 spiro atoms. The lowest BCUT2D eigenvalue weighted by Gasteiger charge is -2.23. The maximum Gasteiger partial charge on any atom is 0.241 e. The molecule has 0 aliphatic carbocycles. The maximum atomic E-state index is 12.7. The Labute approximate surface area is 143 Å². The van der Waals surface area contributed by atoms with Crippen LogP contribution in [-0.2, 0) is 29.4 Å². The summed E-state index contributed by atoms with van der Waals surface area (Å²) < 4.78 is 30.2. The van der Waals surface area contributed by atoms with Crippen molar-refractivity contribution in [1.82, 2.24) is 19.5 Å². The van der Waals surface area contributed by atoms with Crippen LogP contribution in [0.15, 0.2) is 29.2 Å². The van der Waals surface area contributed by atoms with Crippen LogP contribution in [0.4, 0.5) is 0 Å². The second-order valence-electron chi connectivity index (χ2n) is 6.54. The van der Waals surface area contributed by atoms with Gasteiger partial charge in [0.05, 0.1) is 11.4 Å². The molecule has 0 saturated heterocycles. The molecule has 3 rings (SSSR count). The summed E-state index contributed by atoms with van der Waals surface area (Å²) in [5.41, 5.74) is 0.837. The zero-order valence-electron chi connectivity index (χ0n) is 14.4. The third-order valence-electron chi connectivity index (χ3n) is 4.36. The van der Waals surface area contributed by atoms with Crippen molar-refractivity contribution in [1.29, 1.82) is 0 Å². The molecule has 2 heterocycles. The van der Waals surface area contributed by atoms with E-state index in [1.54, 1.807) is 12.1 Å². The van der Waals surface area contributed by atoms with Crippen molar-refractivity contribution in [2.24, 2.45) is 0 Å². The lowest BCUT2D eigenvalue weighted by molar-refractivity contribution is 0.394. The summed E-state index contributed by atoms with van der Waals surface area (Å²) >= 11 is 0. The molecule has 6 nitrogen and oxygen atoms in total. The van der Waals surface area contributed by atoms with E-state index in [0.717, 1.165) is 30.1 Å². The third-order valence-corrected chi connectivity index (χ3v) is 5.98. The van der Waals surface area contributed by atoms with E-state index in [1.165, 1.54) is 0 Å². The first-order chi connectivity index (χ1) is 11.4. The number of nitrogens with one attached hydrogen (secondary N) is 1. The Bertz CT molecular complexity index is 827. The van der Waals surface area contributed by atoms with Gasteiger partial charge < -0.3 is 0 Å². The van der Waals surface area contributed by atoms with Gasteiger partial charge in [-0.1, -0.05) is 39.0 Å². The van der Waals surface area contributed by atoms with Gasteiger partial charge in [-0.05, 0) is 24.5 Å². The molecule has 1 N–H and O–H groups in total. The molecule has 0 amide bonds. The van der Waals surface area contributed by atoms with E-state index in [9.17, 15) is 8.42 Å². The van der Waals surface area contributed by atoms with E-state index in [0.29, 0.717) is 17.9 Å². The van der Waals surface area contributed by atoms with Gasteiger partial charge in [-0.3, -0.25) is 0 Å². The molecular formula is C17H24N4O2S. The minimum atomic E-state index is -3.53. The van der Waals surface area contributed by atoms with Gasteiger partial charge in [0, 0.05) is 18.4 Å².